The third kappa shape index (κ3) is 3.74. The molecule has 10 heteroatoms. The highest BCUT2D eigenvalue weighted by molar-refractivity contribution is 5.92. The Hall–Kier alpha value is -3.03. The van der Waals surface area contributed by atoms with Crippen molar-refractivity contribution < 1.29 is 4.79 Å². The van der Waals surface area contributed by atoms with Gasteiger partial charge < -0.3 is 10.2 Å². The number of hydrogen-bond donors (Lipinski definition) is 3. The molecule has 0 saturated carbocycles. The van der Waals surface area contributed by atoms with Crippen LogP contribution < -0.4 is 21.1 Å². The van der Waals surface area contributed by atoms with Gasteiger partial charge in [-0.1, -0.05) is 0 Å². The highest BCUT2D eigenvalue weighted by atomic mass is 16.1. The van der Waals surface area contributed by atoms with Crippen LogP contribution in [0.5, 0.6) is 0 Å². The van der Waals surface area contributed by atoms with Crippen LogP contribution in [0.2, 0.25) is 0 Å². The van der Waals surface area contributed by atoms with Crippen molar-refractivity contribution in [3.05, 3.63) is 35.5 Å². The van der Waals surface area contributed by atoms with Gasteiger partial charge in [-0.3, -0.25) is 20.3 Å². The maximum absolute atomic E-state index is 12.1. The molecule has 4 heterocycles. The van der Waals surface area contributed by atoms with Crippen LogP contribution >= 0.6 is 0 Å². The Balaban J connectivity index is 1.49. The molecule has 2 aliphatic heterocycles. The minimum absolute atomic E-state index is 0.0409. The summed E-state index contributed by atoms with van der Waals surface area (Å²) in [6.07, 6.45) is 5.57. The fourth-order valence-electron chi connectivity index (χ4n) is 4.05. The molecule has 3 N–H and O–H groups in total. The third-order valence-corrected chi connectivity index (χ3v) is 5.68. The van der Waals surface area contributed by atoms with Crippen molar-refractivity contribution in [2.75, 3.05) is 31.1 Å². The van der Waals surface area contributed by atoms with Crippen LogP contribution in [0.25, 0.3) is 0 Å². The first-order valence-corrected chi connectivity index (χ1v) is 10.2. The van der Waals surface area contributed by atoms with E-state index >= 15 is 0 Å². The largest absolute Gasteiger partial charge is 0.350 e. The van der Waals surface area contributed by atoms with Crippen LogP contribution in [-0.4, -0.2) is 57.9 Å². The van der Waals surface area contributed by atoms with Gasteiger partial charge in [-0.05, 0) is 26.3 Å². The Labute approximate surface area is 175 Å². The molecule has 2 saturated heterocycles. The second kappa shape index (κ2) is 8.01. The van der Waals surface area contributed by atoms with Crippen LogP contribution in [0.1, 0.15) is 47.9 Å². The lowest BCUT2D eigenvalue weighted by Gasteiger charge is -2.49. The zero-order chi connectivity index (χ0) is 21.3. The number of nitrogens with one attached hydrogen (secondary N) is 3. The molecule has 2 aliphatic rings. The maximum atomic E-state index is 12.1. The van der Waals surface area contributed by atoms with E-state index in [0.717, 1.165) is 18.8 Å². The van der Waals surface area contributed by atoms with E-state index in [1.807, 2.05) is 25.5 Å². The van der Waals surface area contributed by atoms with Gasteiger partial charge in [0.1, 0.15) is 17.1 Å². The molecule has 30 heavy (non-hydrogen) atoms. The Kier molecular flexibility index (Phi) is 5.40. The molecule has 4 rings (SSSR count). The Bertz CT molecular complexity index is 948. The van der Waals surface area contributed by atoms with E-state index in [2.05, 4.69) is 43.3 Å². The smallest absolute Gasteiger partial charge is 0.271 e. The molecular formula is C20H27N9O. The van der Waals surface area contributed by atoms with Crippen molar-refractivity contribution >= 4 is 11.7 Å². The Morgan fingerprint density at radius 2 is 2.07 bits per heavy atom. The number of nitrogens with zero attached hydrogens (tertiary/aromatic N) is 6. The lowest BCUT2D eigenvalue weighted by molar-refractivity contribution is 0.0937. The summed E-state index contributed by atoms with van der Waals surface area (Å²) in [4.78, 5) is 22.8. The first-order chi connectivity index (χ1) is 14.4. The molecule has 0 radical (unpaired) electrons. The Morgan fingerprint density at radius 3 is 2.67 bits per heavy atom. The van der Waals surface area contributed by atoms with Crippen LogP contribution in [0.4, 0.5) is 5.82 Å². The topological polar surface area (TPSA) is 124 Å². The number of rotatable bonds is 6. The maximum Gasteiger partial charge on any atom is 0.271 e. The molecular weight excluding hydrogens is 382 g/mol. The molecule has 0 unspecified atom stereocenters. The van der Waals surface area contributed by atoms with Crippen molar-refractivity contribution in [2.24, 2.45) is 0 Å². The molecule has 1 amide bonds. The number of carbonyl (C=O) groups excluding carboxylic acids is 1. The summed E-state index contributed by atoms with van der Waals surface area (Å²) in [6, 6.07) is 2.36. The van der Waals surface area contributed by atoms with Gasteiger partial charge in [0, 0.05) is 44.3 Å². The number of aryl methyl sites for hydroxylation is 1. The number of anilines is 1. The minimum atomic E-state index is -0.382. The van der Waals surface area contributed by atoms with Crippen LogP contribution in [0.3, 0.4) is 0 Å². The highest BCUT2D eigenvalue weighted by Crippen LogP contribution is 2.36. The number of amides is 1. The standard InChI is InChI=1S/C20H27N9O/c1-13(2)26-19(30)17-8-23-18(9-22-17)28-11-20(12-28,4-5-21)29-10-16(14(3)27-29)15-6-24-25-7-15/h8-10,13,15,24-25H,4,6-7,11-12H2,1-3H3,(H,26,30). The fraction of sp³-hybridized carbons (Fsp3) is 0.550. The van der Waals surface area contributed by atoms with Crippen LogP contribution in [0.15, 0.2) is 18.6 Å². The molecule has 2 aromatic heterocycles. The van der Waals surface area contributed by atoms with Gasteiger partial charge in [0.25, 0.3) is 5.91 Å². The molecule has 10 nitrogen and oxygen atoms in total. The number of hydrogen-bond acceptors (Lipinski definition) is 8. The summed E-state index contributed by atoms with van der Waals surface area (Å²) < 4.78 is 1.97. The number of nitriles is 1. The molecule has 0 bridgehead atoms. The van der Waals surface area contributed by atoms with E-state index in [1.165, 1.54) is 11.8 Å². The SMILES string of the molecule is Cc1nn(C2(CC#N)CN(c3cnc(C(=O)NC(C)C)cn3)C2)cc1C1CNNC1. The van der Waals surface area contributed by atoms with Crippen molar-refractivity contribution in [3.63, 3.8) is 0 Å². The van der Waals surface area contributed by atoms with Crippen molar-refractivity contribution in [3.8, 4) is 6.07 Å². The lowest BCUT2D eigenvalue weighted by Crippen LogP contribution is -2.63. The van der Waals surface area contributed by atoms with Gasteiger partial charge in [-0.15, -0.1) is 0 Å². The van der Waals surface area contributed by atoms with Gasteiger partial charge in [-0.25, -0.2) is 9.97 Å². The van der Waals surface area contributed by atoms with E-state index in [9.17, 15) is 10.1 Å². The summed E-state index contributed by atoms with van der Waals surface area (Å²) in [5, 5.41) is 17.0. The summed E-state index contributed by atoms with van der Waals surface area (Å²) in [6.45, 7) is 8.80. The van der Waals surface area contributed by atoms with Gasteiger partial charge >= 0.3 is 0 Å². The summed E-state index contributed by atoms with van der Waals surface area (Å²) in [5.74, 6) is 0.837. The second-order valence-corrected chi connectivity index (χ2v) is 8.38. The van der Waals surface area contributed by atoms with Crippen molar-refractivity contribution in [1.82, 2.24) is 35.9 Å². The third-order valence-electron chi connectivity index (χ3n) is 5.68. The molecule has 2 fully saturated rings. The van der Waals surface area contributed by atoms with Crippen molar-refractivity contribution in [2.45, 2.75) is 44.7 Å². The number of carbonyl (C=O) groups is 1. The zero-order valence-electron chi connectivity index (χ0n) is 17.5. The minimum Gasteiger partial charge on any atom is -0.350 e. The fourth-order valence-corrected chi connectivity index (χ4v) is 4.05. The van der Waals surface area contributed by atoms with Crippen LogP contribution in [0, 0.1) is 18.3 Å². The van der Waals surface area contributed by atoms with Crippen molar-refractivity contribution in [1.29, 1.82) is 5.26 Å². The van der Waals surface area contributed by atoms with Gasteiger partial charge in [-0.2, -0.15) is 10.4 Å². The molecule has 0 aliphatic carbocycles. The lowest BCUT2D eigenvalue weighted by atomic mass is 9.86. The normalized spacial score (nSPS) is 18.3. The van der Waals surface area contributed by atoms with E-state index in [0.29, 0.717) is 36.9 Å². The first kappa shape index (κ1) is 20.3. The van der Waals surface area contributed by atoms with E-state index in [1.54, 1.807) is 6.20 Å². The molecule has 0 atom stereocenters. The predicted molar refractivity (Wildman–Crippen MR) is 111 cm³/mol. The number of aromatic nitrogens is 4. The van der Waals surface area contributed by atoms with E-state index in [-0.39, 0.29) is 17.5 Å². The monoisotopic (exact) mass is 409 g/mol. The molecule has 0 aromatic carbocycles. The zero-order valence-corrected chi connectivity index (χ0v) is 17.5. The average Bonchev–Trinajstić information content (AvgIpc) is 3.33. The Morgan fingerprint density at radius 1 is 1.33 bits per heavy atom. The van der Waals surface area contributed by atoms with Crippen LogP contribution in [-0.2, 0) is 5.54 Å². The van der Waals surface area contributed by atoms with Gasteiger partial charge in [0.2, 0.25) is 0 Å². The molecule has 158 valence electrons. The van der Waals surface area contributed by atoms with Gasteiger partial charge in [0.15, 0.2) is 0 Å². The van der Waals surface area contributed by atoms with Gasteiger partial charge in [0.05, 0.1) is 30.6 Å². The quantitative estimate of drug-likeness (QED) is 0.628. The summed E-state index contributed by atoms with van der Waals surface area (Å²) in [7, 11) is 0. The summed E-state index contributed by atoms with van der Waals surface area (Å²) in [5.41, 5.74) is 8.44. The second-order valence-electron chi connectivity index (χ2n) is 8.38. The number of hydrazine groups is 1. The van der Waals surface area contributed by atoms with E-state index in [4.69, 9.17) is 5.10 Å². The highest BCUT2D eigenvalue weighted by Gasteiger charge is 2.46. The first-order valence-electron chi connectivity index (χ1n) is 10.2. The summed E-state index contributed by atoms with van der Waals surface area (Å²) >= 11 is 0. The molecule has 0 spiro atoms. The van der Waals surface area contributed by atoms with E-state index < -0.39 is 0 Å². The predicted octanol–water partition coefficient (Wildman–Crippen LogP) is 0.440. The average molecular weight is 409 g/mol. The molecule has 2 aromatic rings.